The molecule has 0 radical (unpaired) electrons. The minimum absolute atomic E-state index is 0.376. The van der Waals surface area contributed by atoms with E-state index in [1.54, 1.807) is 0 Å². The maximum absolute atomic E-state index is 5.77. The molecule has 0 fully saturated rings. The van der Waals surface area contributed by atoms with Crippen LogP contribution in [0.1, 0.15) is 20.3 Å². The second kappa shape index (κ2) is 6.70. The standard InChI is InChI=1S/C12H18ClNO/c1-3-8-14-10(2)9-15-12-6-4-11(13)5-7-12/h4-7,10,14H,3,8-9H2,1-2H3. The third-order valence-electron chi connectivity index (χ3n) is 2.06. The summed E-state index contributed by atoms with van der Waals surface area (Å²) in [6.07, 6.45) is 1.14. The molecule has 2 nitrogen and oxygen atoms in total. The van der Waals surface area contributed by atoms with Crippen molar-refractivity contribution in [2.45, 2.75) is 26.3 Å². The molecule has 1 atom stereocenters. The van der Waals surface area contributed by atoms with Gasteiger partial charge in [0.05, 0.1) is 0 Å². The van der Waals surface area contributed by atoms with Crippen LogP contribution in [0.3, 0.4) is 0 Å². The van der Waals surface area contributed by atoms with E-state index in [9.17, 15) is 0 Å². The van der Waals surface area contributed by atoms with Crippen LogP contribution in [0.25, 0.3) is 0 Å². The molecule has 3 heteroatoms. The number of ether oxygens (including phenoxy) is 1. The van der Waals surface area contributed by atoms with Gasteiger partial charge >= 0.3 is 0 Å². The second-order valence-electron chi connectivity index (χ2n) is 3.62. The zero-order valence-electron chi connectivity index (χ0n) is 9.29. The Balaban J connectivity index is 2.27. The van der Waals surface area contributed by atoms with E-state index in [-0.39, 0.29) is 0 Å². The Morgan fingerprint density at radius 2 is 2.00 bits per heavy atom. The molecule has 1 unspecified atom stereocenters. The monoisotopic (exact) mass is 227 g/mol. The first-order valence-electron chi connectivity index (χ1n) is 5.34. The number of nitrogens with one attached hydrogen (secondary N) is 1. The summed E-state index contributed by atoms with van der Waals surface area (Å²) < 4.78 is 5.60. The summed E-state index contributed by atoms with van der Waals surface area (Å²) in [6.45, 7) is 5.98. The summed E-state index contributed by atoms with van der Waals surface area (Å²) in [7, 11) is 0. The van der Waals surface area contributed by atoms with Gasteiger partial charge in [-0.05, 0) is 44.2 Å². The average Bonchev–Trinajstić information content (AvgIpc) is 2.25. The molecular formula is C12H18ClNO. The van der Waals surface area contributed by atoms with Gasteiger partial charge in [0.2, 0.25) is 0 Å². The predicted octanol–water partition coefficient (Wildman–Crippen LogP) is 3.11. The summed E-state index contributed by atoms with van der Waals surface area (Å²) in [4.78, 5) is 0. The third kappa shape index (κ3) is 5.05. The molecule has 0 aliphatic heterocycles. The Kier molecular flexibility index (Phi) is 5.51. The molecule has 1 rings (SSSR count). The minimum Gasteiger partial charge on any atom is -0.492 e. The van der Waals surface area contributed by atoms with Crippen molar-refractivity contribution in [3.8, 4) is 5.75 Å². The Bertz CT molecular complexity index is 273. The lowest BCUT2D eigenvalue weighted by molar-refractivity contribution is 0.273. The molecule has 0 aromatic heterocycles. The van der Waals surface area contributed by atoms with Gasteiger partial charge in [0.1, 0.15) is 12.4 Å². The highest BCUT2D eigenvalue weighted by atomic mass is 35.5. The molecule has 0 saturated heterocycles. The van der Waals surface area contributed by atoms with E-state index >= 15 is 0 Å². The van der Waals surface area contributed by atoms with Gasteiger partial charge in [0.15, 0.2) is 0 Å². The van der Waals surface area contributed by atoms with Gasteiger partial charge in [-0.25, -0.2) is 0 Å². The molecule has 0 spiro atoms. The van der Waals surface area contributed by atoms with Crippen molar-refractivity contribution < 1.29 is 4.74 Å². The van der Waals surface area contributed by atoms with Gasteiger partial charge in [-0.3, -0.25) is 0 Å². The number of hydrogen-bond acceptors (Lipinski definition) is 2. The first-order chi connectivity index (χ1) is 7.22. The highest BCUT2D eigenvalue weighted by Gasteiger charge is 2.01. The van der Waals surface area contributed by atoms with Crippen molar-refractivity contribution in [3.63, 3.8) is 0 Å². The molecule has 0 amide bonds. The lowest BCUT2D eigenvalue weighted by atomic mass is 10.3. The summed E-state index contributed by atoms with van der Waals surface area (Å²) in [5.74, 6) is 0.865. The van der Waals surface area contributed by atoms with Crippen LogP contribution in [0.5, 0.6) is 5.75 Å². The van der Waals surface area contributed by atoms with Crippen molar-refractivity contribution in [1.82, 2.24) is 5.32 Å². The maximum Gasteiger partial charge on any atom is 0.119 e. The lowest BCUT2D eigenvalue weighted by Crippen LogP contribution is -2.32. The Morgan fingerprint density at radius 3 is 2.60 bits per heavy atom. The predicted molar refractivity (Wildman–Crippen MR) is 64.7 cm³/mol. The number of hydrogen-bond donors (Lipinski definition) is 1. The minimum atomic E-state index is 0.376. The Labute approximate surface area is 96.6 Å². The molecular weight excluding hydrogens is 210 g/mol. The number of benzene rings is 1. The van der Waals surface area contributed by atoms with Gasteiger partial charge in [-0.2, -0.15) is 0 Å². The summed E-state index contributed by atoms with van der Waals surface area (Å²) >= 11 is 5.77. The third-order valence-corrected chi connectivity index (χ3v) is 2.31. The number of rotatable bonds is 6. The van der Waals surface area contributed by atoms with E-state index < -0.39 is 0 Å². The molecule has 84 valence electrons. The maximum atomic E-state index is 5.77. The fraction of sp³-hybridized carbons (Fsp3) is 0.500. The van der Waals surface area contributed by atoms with E-state index in [1.165, 1.54) is 0 Å². The first-order valence-corrected chi connectivity index (χ1v) is 5.72. The molecule has 15 heavy (non-hydrogen) atoms. The van der Waals surface area contributed by atoms with Crippen LogP contribution in [0.4, 0.5) is 0 Å². The molecule has 0 aliphatic rings. The van der Waals surface area contributed by atoms with Gasteiger partial charge in [-0.15, -0.1) is 0 Å². The molecule has 1 N–H and O–H groups in total. The SMILES string of the molecule is CCCNC(C)COc1ccc(Cl)cc1. The highest BCUT2D eigenvalue weighted by Crippen LogP contribution is 2.15. The van der Waals surface area contributed by atoms with E-state index in [0.717, 1.165) is 23.7 Å². The average molecular weight is 228 g/mol. The molecule has 0 aliphatic carbocycles. The molecule has 1 aromatic rings. The van der Waals surface area contributed by atoms with Crippen LogP contribution < -0.4 is 10.1 Å². The van der Waals surface area contributed by atoms with Crippen LogP contribution in [-0.4, -0.2) is 19.2 Å². The zero-order chi connectivity index (χ0) is 11.1. The normalized spacial score (nSPS) is 12.5. The van der Waals surface area contributed by atoms with Crippen molar-refractivity contribution in [1.29, 1.82) is 0 Å². The van der Waals surface area contributed by atoms with Crippen LogP contribution in [0.15, 0.2) is 24.3 Å². The lowest BCUT2D eigenvalue weighted by Gasteiger charge is -2.14. The van der Waals surface area contributed by atoms with Crippen LogP contribution in [0.2, 0.25) is 5.02 Å². The first kappa shape index (κ1) is 12.3. The topological polar surface area (TPSA) is 21.3 Å². The van der Waals surface area contributed by atoms with Gasteiger partial charge in [-0.1, -0.05) is 18.5 Å². The molecule has 0 bridgehead atoms. The van der Waals surface area contributed by atoms with Gasteiger partial charge in [0.25, 0.3) is 0 Å². The molecule has 0 saturated carbocycles. The van der Waals surface area contributed by atoms with Crippen molar-refractivity contribution >= 4 is 11.6 Å². The smallest absolute Gasteiger partial charge is 0.119 e. The quantitative estimate of drug-likeness (QED) is 0.807. The Hall–Kier alpha value is -0.730. The summed E-state index contributed by atoms with van der Waals surface area (Å²) in [5, 5.41) is 4.10. The fourth-order valence-corrected chi connectivity index (χ4v) is 1.33. The van der Waals surface area contributed by atoms with Crippen LogP contribution >= 0.6 is 11.6 Å². The number of halogens is 1. The summed E-state index contributed by atoms with van der Waals surface area (Å²) in [6, 6.07) is 7.81. The highest BCUT2D eigenvalue weighted by molar-refractivity contribution is 6.30. The van der Waals surface area contributed by atoms with Gasteiger partial charge < -0.3 is 10.1 Å². The second-order valence-corrected chi connectivity index (χ2v) is 4.06. The van der Waals surface area contributed by atoms with Crippen molar-refractivity contribution in [3.05, 3.63) is 29.3 Å². The zero-order valence-corrected chi connectivity index (χ0v) is 10.1. The largest absolute Gasteiger partial charge is 0.492 e. The fourth-order valence-electron chi connectivity index (χ4n) is 1.20. The molecule has 1 aromatic carbocycles. The Morgan fingerprint density at radius 1 is 1.33 bits per heavy atom. The van der Waals surface area contributed by atoms with Crippen molar-refractivity contribution in [2.24, 2.45) is 0 Å². The van der Waals surface area contributed by atoms with Crippen LogP contribution in [-0.2, 0) is 0 Å². The molecule has 0 heterocycles. The van der Waals surface area contributed by atoms with Crippen LogP contribution in [0, 0.1) is 0 Å². The van der Waals surface area contributed by atoms with E-state index in [2.05, 4.69) is 19.2 Å². The van der Waals surface area contributed by atoms with Crippen molar-refractivity contribution in [2.75, 3.05) is 13.2 Å². The summed E-state index contributed by atoms with van der Waals surface area (Å²) in [5.41, 5.74) is 0. The van der Waals surface area contributed by atoms with E-state index in [1.807, 2.05) is 24.3 Å². The van der Waals surface area contributed by atoms with E-state index in [0.29, 0.717) is 12.6 Å². The van der Waals surface area contributed by atoms with Gasteiger partial charge in [0, 0.05) is 11.1 Å². The van der Waals surface area contributed by atoms with E-state index in [4.69, 9.17) is 16.3 Å².